The lowest BCUT2D eigenvalue weighted by Gasteiger charge is -2.16. The van der Waals surface area contributed by atoms with Gasteiger partial charge in [0.25, 0.3) is 0 Å². The van der Waals surface area contributed by atoms with Gasteiger partial charge in [-0.25, -0.2) is 8.42 Å². The summed E-state index contributed by atoms with van der Waals surface area (Å²) in [5, 5.41) is 12.1. The molecule has 0 spiro atoms. The van der Waals surface area contributed by atoms with Crippen molar-refractivity contribution in [1.29, 1.82) is 0 Å². The van der Waals surface area contributed by atoms with E-state index in [2.05, 4.69) is 5.32 Å². The summed E-state index contributed by atoms with van der Waals surface area (Å²) in [6.07, 6.45) is 1.17. The molecule has 0 saturated carbocycles. The van der Waals surface area contributed by atoms with E-state index in [1.807, 2.05) is 13.0 Å². The first-order valence-corrected chi connectivity index (χ1v) is 7.81. The van der Waals surface area contributed by atoms with Crippen LogP contribution in [0, 0.1) is 0 Å². The van der Waals surface area contributed by atoms with Crippen LogP contribution in [0.3, 0.4) is 0 Å². The van der Waals surface area contributed by atoms with E-state index in [-0.39, 0.29) is 18.4 Å². The highest BCUT2D eigenvalue weighted by atomic mass is 32.2. The Balaban J connectivity index is 3.05. The summed E-state index contributed by atoms with van der Waals surface area (Å²) < 4.78 is 24.0. The minimum atomic E-state index is -3.18. The van der Waals surface area contributed by atoms with Crippen LogP contribution in [-0.4, -0.2) is 32.9 Å². The summed E-state index contributed by atoms with van der Waals surface area (Å²) in [5.41, 5.74) is 0.892. The summed E-state index contributed by atoms with van der Waals surface area (Å²) >= 11 is 0. The lowest BCUT2D eigenvalue weighted by Crippen LogP contribution is -2.18. The van der Waals surface area contributed by atoms with Crippen LogP contribution in [-0.2, 0) is 9.84 Å². The van der Waals surface area contributed by atoms with Crippen LogP contribution >= 0.6 is 0 Å². The van der Waals surface area contributed by atoms with Crippen molar-refractivity contribution in [2.24, 2.45) is 0 Å². The number of rotatable bonds is 7. The van der Waals surface area contributed by atoms with Gasteiger partial charge in [0.15, 0.2) is 9.84 Å². The molecule has 0 amide bonds. The fourth-order valence-electron chi connectivity index (χ4n) is 1.92. The number of aliphatic hydroxyl groups excluding tert-OH is 1. The minimum Gasteiger partial charge on any atom is -0.396 e. The molecule has 1 rings (SSSR count). The van der Waals surface area contributed by atoms with Crippen molar-refractivity contribution in [2.45, 2.75) is 30.7 Å². The van der Waals surface area contributed by atoms with E-state index in [4.69, 9.17) is 5.11 Å². The van der Waals surface area contributed by atoms with E-state index in [9.17, 15) is 8.42 Å². The van der Waals surface area contributed by atoms with Gasteiger partial charge in [0.1, 0.15) is 0 Å². The number of hydrogen-bond acceptors (Lipinski definition) is 4. The summed E-state index contributed by atoms with van der Waals surface area (Å²) in [6.45, 7) is 1.92. The second-order valence-corrected chi connectivity index (χ2v) is 6.35. The Labute approximate surface area is 109 Å². The zero-order chi connectivity index (χ0) is 13.6. The molecule has 5 heteroatoms. The summed E-state index contributed by atoms with van der Waals surface area (Å²) in [5.74, 6) is 0.167. The average Bonchev–Trinajstić information content (AvgIpc) is 2.36. The van der Waals surface area contributed by atoms with Gasteiger partial charge in [0.2, 0.25) is 0 Å². The first kappa shape index (κ1) is 15.1. The van der Waals surface area contributed by atoms with E-state index in [0.717, 1.165) is 5.56 Å². The van der Waals surface area contributed by atoms with E-state index in [0.29, 0.717) is 17.7 Å². The highest BCUT2D eigenvalue weighted by Gasteiger charge is 2.15. The van der Waals surface area contributed by atoms with Crippen LogP contribution in [0.15, 0.2) is 29.2 Å². The Morgan fingerprint density at radius 3 is 2.67 bits per heavy atom. The van der Waals surface area contributed by atoms with Gasteiger partial charge in [-0.05, 0) is 37.6 Å². The molecule has 2 N–H and O–H groups in total. The lowest BCUT2D eigenvalue weighted by molar-refractivity contribution is 0.268. The van der Waals surface area contributed by atoms with Crippen LogP contribution < -0.4 is 5.32 Å². The molecule has 0 saturated heterocycles. The number of hydrogen-bond donors (Lipinski definition) is 2. The normalized spacial score (nSPS) is 13.5. The fourth-order valence-corrected chi connectivity index (χ4v) is 3.29. The van der Waals surface area contributed by atoms with Crippen LogP contribution in [0.4, 0.5) is 0 Å². The number of nitrogens with one attached hydrogen (secondary N) is 1. The van der Waals surface area contributed by atoms with Crippen molar-refractivity contribution in [2.75, 3.05) is 19.4 Å². The van der Waals surface area contributed by atoms with Gasteiger partial charge < -0.3 is 10.4 Å². The maximum atomic E-state index is 12.0. The average molecular weight is 271 g/mol. The molecule has 1 aromatic carbocycles. The minimum absolute atomic E-state index is 0.0215. The molecule has 0 heterocycles. The Morgan fingerprint density at radius 1 is 1.39 bits per heavy atom. The van der Waals surface area contributed by atoms with Crippen molar-refractivity contribution in [3.05, 3.63) is 29.8 Å². The van der Waals surface area contributed by atoms with Crippen molar-refractivity contribution in [3.8, 4) is 0 Å². The van der Waals surface area contributed by atoms with Gasteiger partial charge in [-0.1, -0.05) is 19.1 Å². The molecule has 0 aliphatic rings. The van der Waals surface area contributed by atoms with Gasteiger partial charge in [-0.3, -0.25) is 0 Å². The predicted molar refractivity (Wildman–Crippen MR) is 72.3 cm³/mol. The maximum Gasteiger partial charge on any atom is 0.178 e. The zero-order valence-electron chi connectivity index (χ0n) is 10.9. The first-order chi connectivity index (χ1) is 8.55. The second kappa shape index (κ2) is 6.87. The van der Waals surface area contributed by atoms with Gasteiger partial charge in [0, 0.05) is 12.6 Å². The first-order valence-electron chi connectivity index (χ1n) is 6.16. The summed E-state index contributed by atoms with van der Waals surface area (Å²) in [7, 11) is -1.38. The second-order valence-electron chi connectivity index (χ2n) is 4.24. The predicted octanol–water partition coefficient (Wildman–Crippen LogP) is 1.51. The van der Waals surface area contributed by atoms with Crippen LogP contribution in [0.1, 0.15) is 31.4 Å². The molecule has 1 atom stereocenters. The van der Waals surface area contributed by atoms with Gasteiger partial charge in [0.05, 0.1) is 10.6 Å². The largest absolute Gasteiger partial charge is 0.396 e. The third-order valence-electron chi connectivity index (χ3n) is 2.86. The molecule has 0 bridgehead atoms. The van der Waals surface area contributed by atoms with E-state index in [1.54, 1.807) is 25.2 Å². The Hall–Kier alpha value is -0.910. The van der Waals surface area contributed by atoms with Crippen LogP contribution in [0.25, 0.3) is 0 Å². The Morgan fingerprint density at radius 2 is 2.11 bits per heavy atom. The fraction of sp³-hybridized carbons (Fsp3) is 0.538. The molecule has 1 unspecified atom stereocenters. The molecular weight excluding hydrogens is 250 g/mol. The summed E-state index contributed by atoms with van der Waals surface area (Å²) in [4.78, 5) is 0.361. The van der Waals surface area contributed by atoms with Crippen LogP contribution in [0.2, 0.25) is 0 Å². The van der Waals surface area contributed by atoms with Crippen molar-refractivity contribution in [3.63, 3.8) is 0 Å². The number of sulfone groups is 1. The Bertz CT molecular complexity index is 471. The molecule has 0 aliphatic carbocycles. The van der Waals surface area contributed by atoms with E-state index < -0.39 is 9.84 Å². The highest BCUT2D eigenvalue weighted by Crippen LogP contribution is 2.21. The van der Waals surface area contributed by atoms with Gasteiger partial charge >= 0.3 is 0 Å². The van der Waals surface area contributed by atoms with Gasteiger partial charge in [-0.2, -0.15) is 0 Å². The van der Waals surface area contributed by atoms with E-state index >= 15 is 0 Å². The quantitative estimate of drug-likeness (QED) is 0.789. The Kier molecular flexibility index (Phi) is 5.78. The molecule has 0 aliphatic heterocycles. The molecule has 18 heavy (non-hydrogen) atoms. The number of aliphatic hydroxyl groups is 1. The molecule has 1 aromatic rings. The molecule has 102 valence electrons. The van der Waals surface area contributed by atoms with Crippen molar-refractivity contribution < 1.29 is 13.5 Å². The molecule has 4 nitrogen and oxygen atoms in total. The highest BCUT2D eigenvalue weighted by molar-refractivity contribution is 7.91. The molecule has 0 radical (unpaired) electrons. The zero-order valence-corrected chi connectivity index (χ0v) is 11.7. The number of benzene rings is 1. The van der Waals surface area contributed by atoms with Crippen molar-refractivity contribution >= 4 is 9.84 Å². The van der Waals surface area contributed by atoms with E-state index in [1.165, 1.54) is 0 Å². The topological polar surface area (TPSA) is 66.4 Å². The molecular formula is C13H21NO3S. The molecule has 0 aromatic heterocycles. The third kappa shape index (κ3) is 3.80. The van der Waals surface area contributed by atoms with Crippen LogP contribution in [0.5, 0.6) is 0 Å². The SMILES string of the molecule is CCCS(=O)(=O)c1cccc(C(CCO)NC)c1. The smallest absolute Gasteiger partial charge is 0.178 e. The monoisotopic (exact) mass is 271 g/mol. The lowest BCUT2D eigenvalue weighted by atomic mass is 10.0. The maximum absolute atomic E-state index is 12.0. The third-order valence-corrected chi connectivity index (χ3v) is 4.78. The van der Waals surface area contributed by atoms with Crippen molar-refractivity contribution in [1.82, 2.24) is 5.32 Å². The van der Waals surface area contributed by atoms with Gasteiger partial charge in [-0.15, -0.1) is 0 Å². The molecule has 0 fully saturated rings. The standard InChI is InChI=1S/C13H21NO3S/c1-3-9-18(16,17)12-6-4-5-11(10-12)13(14-2)7-8-15/h4-6,10,13-15H,3,7-9H2,1-2H3. The summed E-state index contributed by atoms with van der Waals surface area (Å²) in [6, 6.07) is 6.93.